The average molecular weight is 239 g/mol. The summed E-state index contributed by atoms with van der Waals surface area (Å²) in [6, 6.07) is 7.49. The number of carbonyl (C=O) groups is 1. The third kappa shape index (κ3) is 1.85. The van der Waals surface area contributed by atoms with Crippen LogP contribution in [0.4, 0.5) is 0 Å². The van der Waals surface area contributed by atoms with Gasteiger partial charge in [-0.05, 0) is 24.3 Å². The van der Waals surface area contributed by atoms with Crippen molar-refractivity contribution < 1.29 is 9.90 Å². The summed E-state index contributed by atoms with van der Waals surface area (Å²) in [4.78, 5) is 22.1. The molecule has 0 unspecified atom stereocenters. The van der Waals surface area contributed by atoms with Crippen LogP contribution in [0, 0.1) is 0 Å². The number of hydrogen-bond donors (Lipinski definition) is 2. The van der Waals surface area contributed by atoms with Crippen LogP contribution in [0.1, 0.15) is 10.5 Å². The van der Waals surface area contributed by atoms with Crippen molar-refractivity contribution in [2.24, 2.45) is 0 Å². The number of carboxylic acids is 1. The van der Waals surface area contributed by atoms with E-state index in [-0.39, 0.29) is 5.69 Å². The van der Waals surface area contributed by atoms with Crippen LogP contribution in [0.15, 0.2) is 35.1 Å². The molecule has 0 aliphatic heterocycles. The van der Waals surface area contributed by atoms with Gasteiger partial charge in [-0.15, -0.1) is 0 Å². The highest BCUT2D eigenvalue weighted by Crippen LogP contribution is 2.11. The number of nitrogens with zero attached hydrogens (tertiary/aromatic N) is 1. The number of halogens is 1. The molecule has 0 bridgehead atoms. The van der Waals surface area contributed by atoms with E-state index < -0.39 is 11.5 Å². The highest BCUT2D eigenvalue weighted by Gasteiger charge is 2.09. The lowest BCUT2D eigenvalue weighted by Crippen LogP contribution is -2.13. The summed E-state index contributed by atoms with van der Waals surface area (Å²) in [6.45, 7) is 0. The number of aromatic nitrogens is 2. The largest absolute Gasteiger partial charge is 0.477 e. The maximum absolute atomic E-state index is 11.5. The molecule has 6 heteroatoms. The maximum atomic E-state index is 11.5. The second-order valence-corrected chi connectivity index (χ2v) is 3.56. The molecule has 0 aliphatic rings. The molecule has 82 valence electrons. The van der Waals surface area contributed by atoms with Crippen molar-refractivity contribution in [2.75, 3.05) is 0 Å². The minimum absolute atomic E-state index is 0.153. The van der Waals surface area contributed by atoms with Crippen molar-refractivity contribution in [1.29, 1.82) is 0 Å². The molecule has 0 fully saturated rings. The van der Waals surface area contributed by atoms with E-state index >= 15 is 0 Å². The zero-order chi connectivity index (χ0) is 11.7. The van der Waals surface area contributed by atoms with Crippen molar-refractivity contribution >= 4 is 17.6 Å². The Hall–Kier alpha value is -2.01. The number of nitrogens with one attached hydrogen (secondary N) is 1. The third-order valence-corrected chi connectivity index (χ3v) is 2.29. The van der Waals surface area contributed by atoms with E-state index in [9.17, 15) is 9.59 Å². The Bertz CT molecular complexity index is 583. The number of hydrogen-bond acceptors (Lipinski definition) is 2. The molecule has 2 aromatic rings. The highest BCUT2D eigenvalue weighted by atomic mass is 35.5. The smallest absolute Gasteiger partial charge is 0.353 e. The minimum atomic E-state index is -1.18. The second-order valence-electron chi connectivity index (χ2n) is 3.13. The van der Waals surface area contributed by atoms with Gasteiger partial charge in [-0.3, -0.25) is 9.89 Å². The van der Waals surface area contributed by atoms with Crippen LogP contribution in [-0.2, 0) is 0 Å². The lowest BCUT2D eigenvalue weighted by Gasteiger charge is -2.00. The highest BCUT2D eigenvalue weighted by molar-refractivity contribution is 6.30. The zero-order valence-corrected chi connectivity index (χ0v) is 8.73. The molecule has 1 aromatic carbocycles. The second kappa shape index (κ2) is 3.86. The van der Waals surface area contributed by atoms with Gasteiger partial charge in [-0.25, -0.2) is 9.48 Å². The van der Waals surface area contributed by atoms with Crippen molar-refractivity contribution in [3.05, 3.63) is 51.4 Å². The SMILES string of the molecule is O=C(O)c1cc(=O)n(-c2ccc(Cl)cc2)[nH]1. The molecule has 1 aromatic heterocycles. The first kappa shape index (κ1) is 10.5. The number of rotatable bonds is 2. The van der Waals surface area contributed by atoms with Gasteiger partial charge in [0.05, 0.1) is 5.69 Å². The Balaban J connectivity index is 2.52. The van der Waals surface area contributed by atoms with Crippen LogP contribution in [0.25, 0.3) is 5.69 Å². The van der Waals surface area contributed by atoms with Gasteiger partial charge < -0.3 is 5.11 Å². The minimum Gasteiger partial charge on any atom is -0.477 e. The van der Waals surface area contributed by atoms with Gasteiger partial charge in [0.2, 0.25) is 0 Å². The topological polar surface area (TPSA) is 75.1 Å². The molecule has 0 saturated carbocycles. The first-order valence-corrected chi connectivity index (χ1v) is 4.77. The summed E-state index contributed by atoms with van der Waals surface area (Å²) in [5, 5.41) is 11.7. The summed E-state index contributed by atoms with van der Waals surface area (Å²) < 4.78 is 1.14. The first-order valence-electron chi connectivity index (χ1n) is 4.39. The van der Waals surface area contributed by atoms with Gasteiger partial charge in [0.25, 0.3) is 5.56 Å². The molecular formula is C10H7ClN2O3. The normalized spacial score (nSPS) is 10.3. The first-order chi connectivity index (χ1) is 7.58. The Morgan fingerprint density at radius 3 is 2.44 bits per heavy atom. The standard InChI is InChI=1S/C10H7ClN2O3/c11-6-1-3-7(4-2-6)13-9(14)5-8(12-13)10(15)16/h1-5,12H,(H,15,16). The van der Waals surface area contributed by atoms with E-state index in [1.165, 1.54) is 0 Å². The number of H-pyrrole nitrogens is 1. The van der Waals surface area contributed by atoms with Crippen LogP contribution in [0.3, 0.4) is 0 Å². The summed E-state index contributed by atoms with van der Waals surface area (Å²) in [5.74, 6) is -1.18. The monoisotopic (exact) mass is 238 g/mol. The predicted molar refractivity (Wildman–Crippen MR) is 58.4 cm³/mol. The van der Waals surface area contributed by atoms with Crippen molar-refractivity contribution in [1.82, 2.24) is 9.78 Å². The fourth-order valence-corrected chi connectivity index (χ4v) is 1.41. The summed E-state index contributed by atoms with van der Waals surface area (Å²) in [5.41, 5.74) is -0.0541. The summed E-state index contributed by atoms with van der Waals surface area (Å²) in [6.07, 6.45) is 0. The van der Waals surface area contributed by atoms with E-state index in [0.29, 0.717) is 10.7 Å². The molecule has 0 spiro atoms. The van der Waals surface area contributed by atoms with Crippen molar-refractivity contribution in [3.63, 3.8) is 0 Å². The molecule has 0 radical (unpaired) electrons. The lowest BCUT2D eigenvalue weighted by molar-refractivity contribution is 0.0690. The van der Waals surface area contributed by atoms with Gasteiger partial charge in [0.15, 0.2) is 0 Å². The molecule has 1 heterocycles. The maximum Gasteiger partial charge on any atom is 0.353 e. The molecule has 0 saturated heterocycles. The fourth-order valence-electron chi connectivity index (χ4n) is 1.29. The summed E-state index contributed by atoms with van der Waals surface area (Å²) >= 11 is 5.70. The van der Waals surface area contributed by atoms with Gasteiger partial charge in [0, 0.05) is 11.1 Å². The molecule has 2 rings (SSSR count). The molecule has 0 atom stereocenters. The van der Waals surface area contributed by atoms with E-state index in [1.807, 2.05) is 0 Å². The lowest BCUT2D eigenvalue weighted by atomic mass is 10.3. The molecule has 5 nitrogen and oxygen atoms in total. The summed E-state index contributed by atoms with van der Waals surface area (Å²) in [7, 11) is 0. The van der Waals surface area contributed by atoms with Gasteiger partial charge in [0.1, 0.15) is 5.69 Å². The Morgan fingerprint density at radius 1 is 1.31 bits per heavy atom. The van der Waals surface area contributed by atoms with Crippen molar-refractivity contribution in [3.8, 4) is 5.69 Å². The van der Waals surface area contributed by atoms with E-state index in [1.54, 1.807) is 24.3 Å². The van der Waals surface area contributed by atoms with E-state index in [4.69, 9.17) is 16.7 Å². The van der Waals surface area contributed by atoms with Crippen LogP contribution >= 0.6 is 11.6 Å². The third-order valence-electron chi connectivity index (χ3n) is 2.04. The number of benzene rings is 1. The quantitative estimate of drug-likeness (QED) is 0.833. The predicted octanol–water partition coefficient (Wildman–Crippen LogP) is 1.52. The van der Waals surface area contributed by atoms with E-state index in [0.717, 1.165) is 10.7 Å². The van der Waals surface area contributed by atoms with Crippen LogP contribution in [-0.4, -0.2) is 20.9 Å². The molecule has 2 N–H and O–H groups in total. The number of carboxylic acid groups (broad SMARTS) is 1. The molecule has 0 aliphatic carbocycles. The Morgan fingerprint density at radius 2 is 1.94 bits per heavy atom. The Kier molecular flexibility index (Phi) is 2.54. The van der Waals surface area contributed by atoms with Gasteiger partial charge >= 0.3 is 5.97 Å². The zero-order valence-electron chi connectivity index (χ0n) is 7.98. The van der Waals surface area contributed by atoms with Gasteiger partial charge in [-0.1, -0.05) is 11.6 Å². The number of aromatic amines is 1. The average Bonchev–Trinajstić information content (AvgIpc) is 2.62. The van der Waals surface area contributed by atoms with Crippen LogP contribution < -0.4 is 5.56 Å². The molecule has 0 amide bonds. The van der Waals surface area contributed by atoms with E-state index in [2.05, 4.69) is 5.10 Å². The molecular weight excluding hydrogens is 232 g/mol. The molecule has 16 heavy (non-hydrogen) atoms. The van der Waals surface area contributed by atoms with Crippen molar-refractivity contribution in [2.45, 2.75) is 0 Å². The van der Waals surface area contributed by atoms with Crippen LogP contribution in [0.5, 0.6) is 0 Å². The fraction of sp³-hybridized carbons (Fsp3) is 0. The van der Waals surface area contributed by atoms with Gasteiger partial charge in [-0.2, -0.15) is 0 Å². The number of aromatic carboxylic acids is 1. The Labute approximate surface area is 94.9 Å². The van der Waals surface area contributed by atoms with Crippen LogP contribution in [0.2, 0.25) is 5.02 Å².